The molecule has 2 aromatic carbocycles. The third-order valence-corrected chi connectivity index (χ3v) is 3.51. The van der Waals surface area contributed by atoms with Gasteiger partial charge in [-0.1, -0.05) is 47.9 Å². The van der Waals surface area contributed by atoms with E-state index < -0.39 is 0 Å². The number of ether oxygens (including phenoxy) is 1. The van der Waals surface area contributed by atoms with E-state index in [2.05, 4.69) is 18.1 Å². The summed E-state index contributed by atoms with van der Waals surface area (Å²) in [6.45, 7) is 2.46. The third-order valence-electron chi connectivity index (χ3n) is 3.16. The molecule has 4 nitrogen and oxygen atoms in total. The van der Waals surface area contributed by atoms with Gasteiger partial charge in [0.1, 0.15) is 12.4 Å². The second-order valence-corrected chi connectivity index (χ2v) is 4.99. The molecule has 0 radical (unpaired) electrons. The van der Waals surface area contributed by atoms with Crippen molar-refractivity contribution in [1.29, 1.82) is 0 Å². The minimum Gasteiger partial charge on any atom is -0.489 e. The molecule has 21 heavy (non-hydrogen) atoms. The fourth-order valence-corrected chi connectivity index (χ4v) is 2.13. The number of oxime groups is 1. The van der Waals surface area contributed by atoms with E-state index >= 15 is 0 Å². The second-order valence-electron chi connectivity index (χ2n) is 4.58. The molecular weight excluding hydrogens is 288 g/mol. The molecule has 0 saturated carbocycles. The van der Waals surface area contributed by atoms with Crippen LogP contribution in [-0.2, 0) is 13.0 Å². The number of benzene rings is 2. The van der Waals surface area contributed by atoms with Crippen LogP contribution in [0.15, 0.2) is 47.6 Å². The van der Waals surface area contributed by atoms with Gasteiger partial charge in [0.2, 0.25) is 0 Å². The van der Waals surface area contributed by atoms with Crippen molar-refractivity contribution in [3.63, 3.8) is 0 Å². The van der Waals surface area contributed by atoms with Crippen LogP contribution in [0.2, 0.25) is 5.02 Å². The van der Waals surface area contributed by atoms with Crippen molar-refractivity contribution >= 4 is 17.4 Å². The normalized spacial score (nSPS) is 11.4. The number of rotatable bonds is 5. The van der Waals surface area contributed by atoms with Crippen molar-refractivity contribution in [2.45, 2.75) is 20.0 Å². The minimum atomic E-state index is 0.0278. The number of aryl methyl sites for hydroxylation is 1. The summed E-state index contributed by atoms with van der Waals surface area (Å²) in [5.41, 5.74) is 8.15. The Morgan fingerprint density at radius 3 is 2.76 bits per heavy atom. The molecule has 0 aliphatic heterocycles. The SMILES string of the molecule is CCc1cccc(OCc2ccc(/C(N)=N/O)cc2Cl)c1. The van der Waals surface area contributed by atoms with Crippen molar-refractivity contribution in [3.8, 4) is 5.75 Å². The van der Waals surface area contributed by atoms with Gasteiger partial charge in [-0.05, 0) is 30.2 Å². The molecule has 0 aliphatic rings. The molecule has 0 amide bonds. The summed E-state index contributed by atoms with van der Waals surface area (Å²) in [7, 11) is 0. The van der Waals surface area contributed by atoms with Gasteiger partial charge in [0.15, 0.2) is 5.84 Å². The average Bonchev–Trinajstić information content (AvgIpc) is 2.53. The highest BCUT2D eigenvalue weighted by Gasteiger charge is 2.06. The molecule has 5 heteroatoms. The third kappa shape index (κ3) is 3.89. The van der Waals surface area contributed by atoms with Gasteiger partial charge in [0, 0.05) is 16.1 Å². The zero-order chi connectivity index (χ0) is 15.2. The highest BCUT2D eigenvalue weighted by atomic mass is 35.5. The van der Waals surface area contributed by atoms with E-state index in [1.807, 2.05) is 18.2 Å². The average molecular weight is 305 g/mol. The van der Waals surface area contributed by atoms with E-state index in [9.17, 15) is 0 Å². The lowest BCUT2D eigenvalue weighted by Gasteiger charge is -2.10. The molecule has 0 heterocycles. The van der Waals surface area contributed by atoms with Crippen molar-refractivity contribution < 1.29 is 9.94 Å². The molecule has 0 aromatic heterocycles. The fourth-order valence-electron chi connectivity index (χ4n) is 1.90. The van der Waals surface area contributed by atoms with E-state index in [0.29, 0.717) is 17.2 Å². The van der Waals surface area contributed by atoms with Gasteiger partial charge in [-0.25, -0.2) is 0 Å². The Labute approximate surface area is 128 Å². The molecule has 2 aromatic rings. The number of hydrogen-bond acceptors (Lipinski definition) is 3. The van der Waals surface area contributed by atoms with Crippen molar-refractivity contribution in [2.75, 3.05) is 0 Å². The fraction of sp³-hybridized carbons (Fsp3) is 0.188. The van der Waals surface area contributed by atoms with Gasteiger partial charge >= 0.3 is 0 Å². The van der Waals surface area contributed by atoms with Crippen LogP contribution in [0.3, 0.4) is 0 Å². The molecule has 0 unspecified atom stereocenters. The quantitative estimate of drug-likeness (QED) is 0.384. The van der Waals surface area contributed by atoms with Crippen LogP contribution in [-0.4, -0.2) is 11.0 Å². The summed E-state index contributed by atoms with van der Waals surface area (Å²) in [4.78, 5) is 0. The Hall–Kier alpha value is -2.20. The zero-order valence-corrected chi connectivity index (χ0v) is 12.5. The molecule has 0 saturated heterocycles. The van der Waals surface area contributed by atoms with Crippen LogP contribution in [0.5, 0.6) is 5.75 Å². The van der Waals surface area contributed by atoms with Gasteiger partial charge in [-0.3, -0.25) is 0 Å². The molecule has 0 spiro atoms. The van der Waals surface area contributed by atoms with Crippen molar-refractivity contribution in [3.05, 3.63) is 64.2 Å². The molecule has 0 bridgehead atoms. The Kier molecular flexibility index (Phi) is 5.06. The smallest absolute Gasteiger partial charge is 0.170 e. The largest absolute Gasteiger partial charge is 0.489 e. The van der Waals surface area contributed by atoms with E-state index in [-0.39, 0.29) is 5.84 Å². The minimum absolute atomic E-state index is 0.0278. The van der Waals surface area contributed by atoms with Crippen LogP contribution in [0.1, 0.15) is 23.6 Å². The first-order valence-electron chi connectivity index (χ1n) is 6.62. The summed E-state index contributed by atoms with van der Waals surface area (Å²) in [5, 5.41) is 12.1. The molecule has 0 atom stereocenters. The number of nitrogens with two attached hydrogens (primary N) is 1. The number of hydrogen-bond donors (Lipinski definition) is 2. The van der Waals surface area contributed by atoms with Crippen LogP contribution in [0.4, 0.5) is 0 Å². The lowest BCUT2D eigenvalue weighted by molar-refractivity contribution is 0.306. The molecule has 0 aliphatic carbocycles. The van der Waals surface area contributed by atoms with E-state index in [1.165, 1.54) is 5.56 Å². The Bertz CT molecular complexity index is 656. The first kappa shape index (κ1) is 15.2. The first-order chi connectivity index (χ1) is 10.1. The summed E-state index contributed by atoms with van der Waals surface area (Å²) in [6, 6.07) is 13.2. The topological polar surface area (TPSA) is 67.8 Å². The van der Waals surface area contributed by atoms with Crippen LogP contribution < -0.4 is 10.5 Å². The Morgan fingerprint density at radius 1 is 1.29 bits per heavy atom. The zero-order valence-electron chi connectivity index (χ0n) is 11.7. The van der Waals surface area contributed by atoms with Gasteiger partial charge in [0.25, 0.3) is 0 Å². The molecule has 110 valence electrons. The molecule has 2 rings (SSSR count). The summed E-state index contributed by atoms with van der Waals surface area (Å²) in [5.74, 6) is 0.839. The van der Waals surface area contributed by atoms with Gasteiger partial charge in [0.05, 0.1) is 0 Å². The molecule has 3 N–H and O–H groups in total. The van der Waals surface area contributed by atoms with Gasteiger partial charge in [-0.15, -0.1) is 0 Å². The van der Waals surface area contributed by atoms with Gasteiger partial charge in [-0.2, -0.15) is 0 Å². The van der Waals surface area contributed by atoms with E-state index in [1.54, 1.807) is 18.2 Å². The number of amidine groups is 1. The van der Waals surface area contributed by atoms with Crippen molar-refractivity contribution in [2.24, 2.45) is 10.9 Å². The van der Waals surface area contributed by atoms with Crippen LogP contribution >= 0.6 is 11.6 Å². The molecular formula is C16H17ClN2O2. The Balaban J connectivity index is 2.09. The van der Waals surface area contributed by atoms with Crippen LogP contribution in [0, 0.1) is 0 Å². The molecule has 0 fully saturated rings. The highest BCUT2D eigenvalue weighted by Crippen LogP contribution is 2.21. The van der Waals surface area contributed by atoms with Gasteiger partial charge < -0.3 is 15.7 Å². The number of halogens is 1. The lowest BCUT2D eigenvalue weighted by atomic mass is 10.1. The Morgan fingerprint density at radius 2 is 2.10 bits per heavy atom. The predicted molar refractivity (Wildman–Crippen MR) is 84.1 cm³/mol. The summed E-state index contributed by atoms with van der Waals surface area (Å²) >= 11 is 6.18. The number of nitrogens with zero attached hydrogens (tertiary/aromatic N) is 1. The van der Waals surface area contributed by atoms with Crippen LogP contribution in [0.25, 0.3) is 0 Å². The maximum atomic E-state index is 8.64. The van der Waals surface area contributed by atoms with E-state index in [4.69, 9.17) is 27.3 Å². The standard InChI is InChI=1S/C16H17ClN2O2/c1-2-11-4-3-5-14(8-11)21-10-13-7-6-12(9-15(13)17)16(18)19-20/h3-9,20H,2,10H2,1H3,(H2,18,19). The summed E-state index contributed by atoms with van der Waals surface area (Å²) < 4.78 is 5.75. The summed E-state index contributed by atoms with van der Waals surface area (Å²) in [6.07, 6.45) is 0.965. The maximum Gasteiger partial charge on any atom is 0.170 e. The monoisotopic (exact) mass is 304 g/mol. The van der Waals surface area contributed by atoms with E-state index in [0.717, 1.165) is 17.7 Å². The lowest BCUT2D eigenvalue weighted by Crippen LogP contribution is -2.13. The first-order valence-corrected chi connectivity index (χ1v) is 7.00. The maximum absolute atomic E-state index is 8.64. The highest BCUT2D eigenvalue weighted by molar-refractivity contribution is 6.31. The van der Waals surface area contributed by atoms with Crippen molar-refractivity contribution in [1.82, 2.24) is 0 Å². The predicted octanol–water partition coefficient (Wildman–Crippen LogP) is 3.58. The second kappa shape index (κ2) is 6.99.